The van der Waals surface area contributed by atoms with E-state index in [1.165, 1.54) is 0 Å². The fraction of sp³-hybridized carbons (Fsp3) is 0.560. The van der Waals surface area contributed by atoms with Crippen LogP contribution in [0.4, 0.5) is 0 Å². The van der Waals surface area contributed by atoms with E-state index in [0.29, 0.717) is 17.7 Å². The van der Waals surface area contributed by atoms with Crippen LogP contribution in [0.25, 0.3) is 0 Å². The second-order valence-corrected chi connectivity index (χ2v) is 10.1. The predicted molar refractivity (Wildman–Crippen MR) is 118 cm³/mol. The first-order valence-corrected chi connectivity index (χ1v) is 11.5. The van der Waals surface area contributed by atoms with Gasteiger partial charge in [0.05, 0.1) is 35.7 Å². The minimum atomic E-state index is -1.30. The van der Waals surface area contributed by atoms with E-state index in [1.54, 1.807) is 38.4 Å². The molecular weight excluding hydrogens is 442 g/mol. The lowest BCUT2D eigenvalue weighted by molar-refractivity contribution is -0.150. The summed E-state index contributed by atoms with van der Waals surface area (Å²) in [7, 11) is 3.59. The van der Waals surface area contributed by atoms with E-state index in [2.05, 4.69) is 0 Å². The maximum atomic E-state index is 13.0. The molecule has 3 heterocycles. The summed E-state index contributed by atoms with van der Waals surface area (Å²) in [6.07, 6.45) is -0.631. The quantitative estimate of drug-likeness (QED) is 0.506. The zero-order valence-corrected chi connectivity index (χ0v) is 19.6. The topological polar surface area (TPSA) is 115 Å². The number of rotatable bonds is 5. The Morgan fingerprint density at radius 2 is 2.03 bits per heavy atom. The van der Waals surface area contributed by atoms with Gasteiger partial charge in [-0.1, -0.05) is 12.1 Å². The highest BCUT2D eigenvalue weighted by atomic mass is 16.6. The largest absolute Gasteiger partial charge is 0.478 e. The third kappa shape index (κ3) is 3.86. The first-order chi connectivity index (χ1) is 16.1. The van der Waals surface area contributed by atoms with Crippen LogP contribution in [0.5, 0.6) is 5.75 Å². The fourth-order valence-corrected chi connectivity index (χ4v) is 5.80. The summed E-state index contributed by atoms with van der Waals surface area (Å²) in [5, 5.41) is 10.3. The van der Waals surface area contributed by atoms with Gasteiger partial charge in [-0.15, -0.1) is 0 Å². The minimum Gasteiger partial charge on any atom is -0.478 e. The Bertz CT molecular complexity index is 1070. The highest BCUT2D eigenvalue weighted by Crippen LogP contribution is 2.52. The number of ether oxygens (including phenoxy) is 4. The van der Waals surface area contributed by atoms with Crippen molar-refractivity contribution in [3.8, 4) is 5.75 Å². The van der Waals surface area contributed by atoms with Gasteiger partial charge in [-0.05, 0) is 51.7 Å². The normalized spacial score (nSPS) is 37.1. The van der Waals surface area contributed by atoms with E-state index in [1.807, 2.05) is 24.8 Å². The lowest BCUT2D eigenvalue weighted by Crippen LogP contribution is -2.52. The van der Waals surface area contributed by atoms with Crippen molar-refractivity contribution in [3.05, 3.63) is 41.5 Å². The number of esters is 2. The van der Waals surface area contributed by atoms with Gasteiger partial charge in [0.1, 0.15) is 18.0 Å². The maximum absolute atomic E-state index is 13.0. The third-order valence-corrected chi connectivity index (χ3v) is 7.39. The third-order valence-electron chi connectivity index (χ3n) is 7.39. The standard InChI is InChI=1S/C25H29NO8/c1-12-6-5-7-13(8-12)31-21(23(28)29)19-20(26(3)4)15-9-16(33-24(15)30)14-10-18(27)32-17(14)11-25(2)22(19)34-25/h5-9,14,16-17,19-22H,10-11H2,1-4H3,(H,28,29). The molecule has 2 saturated heterocycles. The van der Waals surface area contributed by atoms with Crippen LogP contribution in [0.15, 0.2) is 35.9 Å². The number of carboxylic acid groups (broad SMARTS) is 1. The van der Waals surface area contributed by atoms with E-state index in [-0.39, 0.29) is 18.3 Å². The van der Waals surface area contributed by atoms with E-state index < -0.39 is 53.9 Å². The average Bonchev–Trinajstić information content (AvgIpc) is 3.05. The van der Waals surface area contributed by atoms with Gasteiger partial charge in [-0.25, -0.2) is 9.59 Å². The molecule has 9 heteroatoms. The van der Waals surface area contributed by atoms with Crippen molar-refractivity contribution >= 4 is 17.9 Å². The fourth-order valence-electron chi connectivity index (χ4n) is 5.80. The maximum Gasteiger partial charge on any atom is 0.345 e. The summed E-state index contributed by atoms with van der Waals surface area (Å²) in [6, 6.07) is 6.55. The van der Waals surface area contributed by atoms with Crippen molar-refractivity contribution in [2.24, 2.45) is 11.8 Å². The molecule has 8 unspecified atom stereocenters. The number of carbonyl (C=O) groups excluding carboxylic acids is 2. The Morgan fingerprint density at radius 1 is 1.26 bits per heavy atom. The van der Waals surface area contributed by atoms with E-state index in [4.69, 9.17) is 18.9 Å². The van der Waals surface area contributed by atoms with Gasteiger partial charge >= 0.3 is 17.9 Å². The smallest absolute Gasteiger partial charge is 0.345 e. The predicted octanol–water partition coefficient (Wildman–Crippen LogP) is 1.72. The number of carboxylic acids is 1. The van der Waals surface area contributed by atoms with Crippen LogP contribution in [-0.2, 0) is 28.6 Å². The Hall–Kier alpha value is -2.91. The summed E-state index contributed by atoms with van der Waals surface area (Å²) in [5.41, 5.74) is 0.566. The van der Waals surface area contributed by atoms with E-state index >= 15 is 0 Å². The molecule has 0 aromatic heterocycles. The Morgan fingerprint density at radius 3 is 2.71 bits per heavy atom. The van der Waals surface area contributed by atoms with Crippen LogP contribution in [-0.4, -0.2) is 78.1 Å². The number of fused-ring (bicyclic) bond motifs is 4. The zero-order valence-electron chi connectivity index (χ0n) is 19.6. The number of aryl methyl sites for hydroxylation is 1. The van der Waals surface area contributed by atoms with Gasteiger partial charge in [-0.3, -0.25) is 4.79 Å². The van der Waals surface area contributed by atoms with Crippen LogP contribution in [0.2, 0.25) is 0 Å². The van der Waals surface area contributed by atoms with Crippen LogP contribution in [0.1, 0.15) is 25.3 Å². The van der Waals surface area contributed by atoms with Crippen molar-refractivity contribution in [3.63, 3.8) is 0 Å². The molecule has 0 spiro atoms. The molecule has 0 radical (unpaired) electrons. The number of likely N-dealkylation sites (N-methyl/N-ethyl adjacent to an activating group) is 1. The molecule has 2 fully saturated rings. The molecule has 2 bridgehead atoms. The van der Waals surface area contributed by atoms with Crippen LogP contribution >= 0.6 is 0 Å². The number of hydrogen-bond acceptors (Lipinski definition) is 8. The van der Waals surface area contributed by atoms with Crippen LogP contribution < -0.4 is 4.74 Å². The summed E-state index contributed by atoms with van der Waals surface area (Å²) in [4.78, 5) is 39.6. The van der Waals surface area contributed by atoms with Gasteiger partial charge in [0.25, 0.3) is 0 Å². The van der Waals surface area contributed by atoms with Crippen molar-refractivity contribution in [1.29, 1.82) is 0 Å². The highest BCUT2D eigenvalue weighted by molar-refractivity contribution is 5.93. The molecule has 0 amide bonds. The van der Waals surface area contributed by atoms with E-state index in [9.17, 15) is 19.5 Å². The second kappa shape index (κ2) is 8.09. The molecule has 1 aliphatic carbocycles. The lowest BCUT2D eigenvalue weighted by atomic mass is 9.77. The van der Waals surface area contributed by atoms with Gasteiger partial charge in [0, 0.05) is 12.3 Å². The molecule has 4 aliphatic rings. The van der Waals surface area contributed by atoms with Crippen molar-refractivity contribution in [2.75, 3.05) is 14.1 Å². The van der Waals surface area contributed by atoms with Gasteiger partial charge in [0.2, 0.25) is 6.10 Å². The van der Waals surface area contributed by atoms with Gasteiger partial charge in [0.15, 0.2) is 0 Å². The zero-order chi connectivity index (χ0) is 24.4. The molecule has 182 valence electrons. The van der Waals surface area contributed by atoms with Gasteiger partial charge < -0.3 is 29.0 Å². The summed E-state index contributed by atoms with van der Waals surface area (Å²) in [5.74, 6) is -2.61. The average molecular weight is 472 g/mol. The first-order valence-electron chi connectivity index (χ1n) is 11.5. The number of nitrogens with zero attached hydrogens (tertiary/aromatic N) is 1. The molecule has 3 aliphatic heterocycles. The lowest BCUT2D eigenvalue weighted by Gasteiger charge is -2.35. The number of epoxide rings is 1. The Kier molecular flexibility index (Phi) is 5.44. The summed E-state index contributed by atoms with van der Waals surface area (Å²) < 4.78 is 23.5. The molecule has 1 aromatic carbocycles. The van der Waals surface area contributed by atoms with Crippen LogP contribution in [0.3, 0.4) is 0 Å². The SMILES string of the molecule is Cc1cccc(OC(C(=O)O)C2C(N(C)C)C3=CC(OC3=O)C3CC(=O)OC3CC3(C)OC23)c1. The molecule has 1 aromatic rings. The Balaban J connectivity index is 1.59. The summed E-state index contributed by atoms with van der Waals surface area (Å²) in [6.45, 7) is 3.79. The van der Waals surface area contributed by atoms with E-state index in [0.717, 1.165) is 5.56 Å². The Labute approximate surface area is 197 Å². The van der Waals surface area contributed by atoms with Gasteiger partial charge in [-0.2, -0.15) is 0 Å². The highest BCUT2D eigenvalue weighted by Gasteiger charge is 2.65. The van der Waals surface area contributed by atoms with Crippen LogP contribution in [0, 0.1) is 18.8 Å². The number of hydrogen-bond donors (Lipinski definition) is 1. The molecule has 0 saturated carbocycles. The molecule has 1 N–H and O–H groups in total. The number of carbonyl (C=O) groups is 3. The minimum absolute atomic E-state index is 0.164. The first kappa shape index (κ1) is 22.9. The second-order valence-electron chi connectivity index (χ2n) is 10.1. The molecule has 9 nitrogen and oxygen atoms in total. The van der Waals surface area contributed by atoms with Crippen molar-refractivity contribution in [2.45, 2.75) is 62.7 Å². The molecular formula is C25H29NO8. The number of aliphatic carboxylic acids is 1. The molecule has 34 heavy (non-hydrogen) atoms. The van der Waals surface area contributed by atoms with Crippen molar-refractivity contribution in [1.82, 2.24) is 4.90 Å². The molecule has 5 rings (SSSR count). The van der Waals surface area contributed by atoms with Crippen molar-refractivity contribution < 1.29 is 38.4 Å². The monoisotopic (exact) mass is 471 g/mol. The summed E-state index contributed by atoms with van der Waals surface area (Å²) >= 11 is 0. The number of benzene rings is 1. The molecule has 8 atom stereocenters.